The molecule has 1 aromatic heterocycles. The van der Waals surface area contributed by atoms with E-state index >= 15 is 0 Å². The number of carbonyl (C=O) groups excluding carboxylic acids is 1. The second-order valence-electron chi connectivity index (χ2n) is 4.12. The van der Waals surface area contributed by atoms with E-state index < -0.39 is 20.8 Å². The highest BCUT2D eigenvalue weighted by Crippen LogP contribution is 2.15. The van der Waals surface area contributed by atoms with Crippen LogP contribution in [0.2, 0.25) is 0 Å². The van der Waals surface area contributed by atoms with Crippen LogP contribution in [0.3, 0.4) is 0 Å². The largest absolute Gasteiger partial charge is 0.348 e. The van der Waals surface area contributed by atoms with E-state index in [1.165, 1.54) is 36.5 Å². The number of aromatic nitrogens is 1. The summed E-state index contributed by atoms with van der Waals surface area (Å²) in [7, 11) is 1.42. The molecule has 8 heteroatoms. The molecule has 0 fully saturated rings. The molecule has 1 aromatic carbocycles. The molecule has 0 aliphatic carbocycles. The minimum atomic E-state index is -3.77. The van der Waals surface area contributed by atoms with Crippen LogP contribution in [0.15, 0.2) is 47.6 Å². The average molecular weight is 329 g/mol. The Morgan fingerprint density at radius 1 is 1.24 bits per heavy atom. The summed E-state index contributed by atoms with van der Waals surface area (Å²) in [5.74, 6) is -1.29. The van der Waals surface area contributed by atoms with Gasteiger partial charge >= 0.3 is 0 Å². The minimum absolute atomic E-state index is 0.0283. The molecular weight excluding hydrogens is 319 g/mol. The van der Waals surface area contributed by atoms with E-state index in [-0.39, 0.29) is 17.0 Å². The molecule has 5 nitrogen and oxygen atoms in total. The molecule has 0 radical (unpaired) electrons. The lowest BCUT2D eigenvalue weighted by Gasteiger charge is -2.06. The Morgan fingerprint density at radius 2 is 1.90 bits per heavy atom. The molecule has 0 unspecified atom stereocenters. The van der Waals surface area contributed by atoms with E-state index in [9.17, 15) is 17.6 Å². The van der Waals surface area contributed by atoms with Crippen molar-refractivity contribution in [1.29, 1.82) is 0 Å². The molecule has 2 aromatic rings. The molecule has 0 atom stereocenters. The zero-order valence-corrected chi connectivity index (χ0v) is 12.2. The second-order valence-corrected chi connectivity index (χ2v) is 6.69. The molecule has 1 heterocycles. The molecule has 0 saturated heterocycles. The first-order chi connectivity index (χ1) is 9.88. The molecule has 0 bridgehead atoms. The summed E-state index contributed by atoms with van der Waals surface area (Å²) >= 11 is 0. The molecule has 21 heavy (non-hydrogen) atoms. The van der Waals surface area contributed by atoms with Crippen molar-refractivity contribution in [1.82, 2.24) is 10.3 Å². The summed E-state index contributed by atoms with van der Waals surface area (Å²) in [5.41, 5.74) is 0.548. The SMILES string of the molecule is O=C(NCc1ccc(S(=O)(=O)Cl)cc1)c1ccncc1F. The van der Waals surface area contributed by atoms with Crippen LogP contribution in [0.4, 0.5) is 4.39 Å². The lowest BCUT2D eigenvalue weighted by Crippen LogP contribution is -2.23. The van der Waals surface area contributed by atoms with Crippen molar-refractivity contribution in [2.75, 3.05) is 0 Å². The fourth-order valence-corrected chi connectivity index (χ4v) is 2.38. The van der Waals surface area contributed by atoms with E-state index in [1.54, 1.807) is 0 Å². The maximum atomic E-state index is 13.3. The van der Waals surface area contributed by atoms with Gasteiger partial charge in [0.2, 0.25) is 0 Å². The lowest BCUT2D eigenvalue weighted by atomic mass is 10.2. The number of halogens is 2. The van der Waals surface area contributed by atoms with Crippen molar-refractivity contribution >= 4 is 25.6 Å². The molecule has 0 saturated carbocycles. The molecule has 0 aliphatic heterocycles. The number of hydrogen-bond donors (Lipinski definition) is 1. The lowest BCUT2D eigenvalue weighted by molar-refractivity contribution is 0.0946. The van der Waals surface area contributed by atoms with Crippen LogP contribution in [0.25, 0.3) is 0 Å². The summed E-state index contributed by atoms with van der Waals surface area (Å²) in [5, 5.41) is 2.53. The molecule has 110 valence electrons. The minimum Gasteiger partial charge on any atom is -0.348 e. The Bertz CT molecular complexity index is 763. The summed E-state index contributed by atoms with van der Waals surface area (Å²) < 4.78 is 35.5. The predicted octanol–water partition coefficient (Wildman–Crippen LogP) is 2.08. The van der Waals surface area contributed by atoms with Gasteiger partial charge in [-0.1, -0.05) is 12.1 Å². The third-order valence-corrected chi connectivity index (χ3v) is 4.04. The molecule has 1 amide bonds. The van der Waals surface area contributed by atoms with Gasteiger partial charge in [0.05, 0.1) is 16.7 Å². The summed E-state index contributed by atoms with van der Waals surface area (Å²) in [6.45, 7) is 0.128. The van der Waals surface area contributed by atoms with E-state index in [2.05, 4.69) is 10.3 Å². The number of benzene rings is 1. The van der Waals surface area contributed by atoms with Crippen molar-refractivity contribution < 1.29 is 17.6 Å². The molecule has 1 N–H and O–H groups in total. The Balaban J connectivity index is 2.04. The van der Waals surface area contributed by atoms with Gasteiger partial charge in [0.15, 0.2) is 5.82 Å². The first-order valence-electron chi connectivity index (χ1n) is 5.79. The Kier molecular flexibility index (Phi) is 4.54. The van der Waals surface area contributed by atoms with Crippen LogP contribution >= 0.6 is 10.7 Å². The second kappa shape index (κ2) is 6.19. The smallest absolute Gasteiger partial charge is 0.261 e. The maximum Gasteiger partial charge on any atom is 0.261 e. The van der Waals surface area contributed by atoms with Crippen molar-refractivity contribution in [3.05, 3.63) is 59.7 Å². The van der Waals surface area contributed by atoms with Crippen LogP contribution in [0, 0.1) is 5.82 Å². The van der Waals surface area contributed by atoms with Crippen LogP contribution in [0.1, 0.15) is 15.9 Å². The number of rotatable bonds is 4. The van der Waals surface area contributed by atoms with E-state index in [1.807, 2.05) is 0 Å². The summed E-state index contributed by atoms with van der Waals surface area (Å²) in [4.78, 5) is 15.3. The third-order valence-electron chi connectivity index (χ3n) is 2.68. The molecule has 2 rings (SSSR count). The molecule has 0 spiro atoms. The van der Waals surface area contributed by atoms with Crippen molar-refractivity contribution in [3.8, 4) is 0 Å². The topological polar surface area (TPSA) is 76.1 Å². The molecular formula is C13H10ClFN2O3S. The van der Waals surface area contributed by atoms with Crippen molar-refractivity contribution in [2.45, 2.75) is 11.4 Å². The van der Waals surface area contributed by atoms with Gasteiger partial charge < -0.3 is 5.32 Å². The fraction of sp³-hybridized carbons (Fsp3) is 0.0769. The number of pyridine rings is 1. The van der Waals surface area contributed by atoms with Crippen molar-refractivity contribution in [2.24, 2.45) is 0 Å². The quantitative estimate of drug-likeness (QED) is 0.872. The normalized spacial score (nSPS) is 11.1. The highest BCUT2D eigenvalue weighted by Gasteiger charge is 2.12. The van der Waals surface area contributed by atoms with Crippen LogP contribution in [-0.2, 0) is 15.6 Å². The fourth-order valence-electron chi connectivity index (χ4n) is 1.61. The Labute approximate surface area is 125 Å². The standard InChI is InChI=1S/C13H10ClFN2O3S/c14-21(19,20)10-3-1-9(2-4-10)7-17-13(18)11-5-6-16-8-12(11)15/h1-6,8H,7H2,(H,17,18). The van der Waals surface area contributed by atoms with Gasteiger partial charge in [0.1, 0.15) is 0 Å². The first kappa shape index (κ1) is 15.4. The molecule has 0 aliphatic rings. The number of amides is 1. The zero-order chi connectivity index (χ0) is 15.5. The van der Waals surface area contributed by atoms with Gasteiger partial charge in [-0.3, -0.25) is 9.78 Å². The summed E-state index contributed by atoms with van der Waals surface area (Å²) in [6, 6.07) is 6.96. The number of hydrogen-bond acceptors (Lipinski definition) is 4. The van der Waals surface area contributed by atoms with Gasteiger partial charge in [0.25, 0.3) is 15.0 Å². The van der Waals surface area contributed by atoms with E-state index in [0.717, 1.165) is 6.20 Å². The van der Waals surface area contributed by atoms with Crippen LogP contribution < -0.4 is 5.32 Å². The average Bonchev–Trinajstić information content (AvgIpc) is 2.45. The third kappa shape index (κ3) is 3.99. The zero-order valence-electron chi connectivity index (χ0n) is 10.6. The number of nitrogens with zero attached hydrogens (tertiary/aromatic N) is 1. The van der Waals surface area contributed by atoms with Gasteiger partial charge in [-0.25, -0.2) is 12.8 Å². The van der Waals surface area contributed by atoms with Gasteiger partial charge in [-0.05, 0) is 23.8 Å². The van der Waals surface area contributed by atoms with Gasteiger partial charge in [-0.2, -0.15) is 0 Å². The maximum absolute atomic E-state index is 13.3. The Morgan fingerprint density at radius 3 is 2.48 bits per heavy atom. The van der Waals surface area contributed by atoms with Crippen LogP contribution in [-0.4, -0.2) is 19.3 Å². The highest BCUT2D eigenvalue weighted by atomic mass is 35.7. The number of nitrogens with one attached hydrogen (secondary N) is 1. The van der Waals surface area contributed by atoms with E-state index in [0.29, 0.717) is 5.56 Å². The first-order valence-corrected chi connectivity index (χ1v) is 8.10. The Hall–Kier alpha value is -1.99. The number of carbonyl (C=O) groups is 1. The van der Waals surface area contributed by atoms with Crippen molar-refractivity contribution in [3.63, 3.8) is 0 Å². The monoisotopic (exact) mass is 328 g/mol. The summed E-state index contributed by atoms with van der Waals surface area (Å²) in [6.07, 6.45) is 2.27. The highest BCUT2D eigenvalue weighted by molar-refractivity contribution is 8.13. The van der Waals surface area contributed by atoms with Crippen LogP contribution in [0.5, 0.6) is 0 Å². The van der Waals surface area contributed by atoms with Gasteiger partial charge in [-0.15, -0.1) is 0 Å². The van der Waals surface area contributed by atoms with Gasteiger partial charge in [0, 0.05) is 23.4 Å². The van der Waals surface area contributed by atoms with E-state index in [4.69, 9.17) is 10.7 Å². The predicted molar refractivity (Wildman–Crippen MR) is 74.8 cm³/mol.